The highest BCUT2D eigenvalue weighted by Crippen LogP contribution is 2.32. The fourth-order valence-corrected chi connectivity index (χ4v) is 3.11. The zero-order valence-corrected chi connectivity index (χ0v) is 11.9. The monoisotopic (exact) mass is 303 g/mol. The Labute approximate surface area is 127 Å². The van der Waals surface area contributed by atoms with Crippen molar-refractivity contribution in [1.82, 2.24) is 4.90 Å². The maximum atomic E-state index is 12.8. The number of nitrogens with two attached hydrogens (primary N) is 1. The molecule has 2 aliphatic heterocycles. The number of hydrogen-bond acceptors (Lipinski definition) is 4. The summed E-state index contributed by atoms with van der Waals surface area (Å²) in [5.74, 6) is -1.46. The molecule has 0 aliphatic carbocycles. The van der Waals surface area contributed by atoms with E-state index in [-0.39, 0.29) is 30.8 Å². The van der Waals surface area contributed by atoms with Gasteiger partial charge in [0.05, 0.1) is 17.7 Å². The van der Waals surface area contributed by atoms with Crippen molar-refractivity contribution in [3.63, 3.8) is 0 Å². The third kappa shape index (κ3) is 2.33. The predicted molar refractivity (Wildman–Crippen MR) is 78.5 cm³/mol. The summed E-state index contributed by atoms with van der Waals surface area (Å²) in [6.07, 6.45) is 0.231. The van der Waals surface area contributed by atoms with Gasteiger partial charge in [0, 0.05) is 19.1 Å². The fraction of sp³-hybridized carbons (Fsp3) is 0.400. The number of carbonyl (C=O) groups is 3. The van der Waals surface area contributed by atoms with Gasteiger partial charge in [0.15, 0.2) is 0 Å². The van der Waals surface area contributed by atoms with Crippen LogP contribution in [0.3, 0.4) is 0 Å². The van der Waals surface area contributed by atoms with E-state index in [1.807, 2.05) is 0 Å². The van der Waals surface area contributed by atoms with Crippen LogP contribution in [0.15, 0.2) is 24.3 Å². The number of rotatable bonds is 3. The Morgan fingerprint density at radius 3 is 2.77 bits per heavy atom. The minimum Gasteiger partial charge on any atom is -0.481 e. The van der Waals surface area contributed by atoms with Gasteiger partial charge < -0.3 is 20.6 Å². The summed E-state index contributed by atoms with van der Waals surface area (Å²) in [7, 11) is 0. The lowest BCUT2D eigenvalue weighted by atomic mass is 10.1. The van der Waals surface area contributed by atoms with Crippen molar-refractivity contribution in [2.75, 3.05) is 18.0 Å². The minimum atomic E-state index is -0.985. The number of carboxylic acid groups (broad SMARTS) is 1. The molecule has 0 aromatic heterocycles. The van der Waals surface area contributed by atoms with Crippen LogP contribution in [0, 0.1) is 0 Å². The summed E-state index contributed by atoms with van der Waals surface area (Å²) in [5, 5.41) is 8.89. The molecule has 0 spiro atoms. The van der Waals surface area contributed by atoms with E-state index in [9.17, 15) is 14.4 Å². The van der Waals surface area contributed by atoms with Crippen molar-refractivity contribution in [3.8, 4) is 0 Å². The zero-order chi connectivity index (χ0) is 15.9. The number of fused-ring (bicyclic) bond motifs is 2. The quantitative estimate of drug-likeness (QED) is 0.821. The lowest BCUT2D eigenvalue weighted by Crippen LogP contribution is -2.45. The van der Waals surface area contributed by atoms with Gasteiger partial charge in [-0.05, 0) is 18.6 Å². The Morgan fingerprint density at radius 1 is 1.32 bits per heavy atom. The van der Waals surface area contributed by atoms with Gasteiger partial charge in [-0.15, -0.1) is 0 Å². The molecule has 3 rings (SSSR count). The average molecular weight is 303 g/mol. The van der Waals surface area contributed by atoms with Crippen molar-refractivity contribution in [2.45, 2.75) is 24.9 Å². The van der Waals surface area contributed by atoms with Crippen LogP contribution in [0.2, 0.25) is 0 Å². The Balaban J connectivity index is 2.04. The molecular weight excluding hydrogens is 286 g/mol. The highest BCUT2D eigenvalue weighted by molar-refractivity contribution is 6.11. The molecule has 1 fully saturated rings. The van der Waals surface area contributed by atoms with Crippen LogP contribution in [0.5, 0.6) is 0 Å². The predicted octanol–water partition coefficient (Wildman–Crippen LogP) is 0.0497. The summed E-state index contributed by atoms with van der Waals surface area (Å²) in [6, 6.07) is 5.95. The molecule has 2 heterocycles. The number of amides is 2. The van der Waals surface area contributed by atoms with E-state index in [2.05, 4.69) is 0 Å². The highest BCUT2D eigenvalue weighted by atomic mass is 16.4. The van der Waals surface area contributed by atoms with Crippen LogP contribution < -0.4 is 10.6 Å². The number of nitrogens with zero attached hydrogens (tertiary/aromatic N) is 2. The molecule has 1 aromatic carbocycles. The van der Waals surface area contributed by atoms with Crippen LogP contribution in [0.25, 0.3) is 0 Å². The summed E-state index contributed by atoms with van der Waals surface area (Å²) in [6.45, 7) is 0.383. The van der Waals surface area contributed by atoms with Gasteiger partial charge >= 0.3 is 5.97 Å². The first-order valence-corrected chi connectivity index (χ1v) is 7.18. The SMILES string of the molecule is NC1CC2C(=O)N(CCC(=O)O)c3ccccc3C(=O)N2C1. The molecule has 116 valence electrons. The van der Waals surface area contributed by atoms with Gasteiger partial charge in [0.25, 0.3) is 5.91 Å². The number of hydrogen-bond donors (Lipinski definition) is 2. The molecule has 0 saturated carbocycles. The Morgan fingerprint density at radius 2 is 2.05 bits per heavy atom. The number of anilines is 1. The number of carboxylic acids is 1. The number of carbonyl (C=O) groups excluding carboxylic acids is 2. The topological polar surface area (TPSA) is 104 Å². The minimum absolute atomic E-state index is 0.0397. The molecule has 7 heteroatoms. The molecule has 0 bridgehead atoms. The van der Waals surface area contributed by atoms with Gasteiger partial charge in [0.2, 0.25) is 5.91 Å². The van der Waals surface area contributed by atoms with Gasteiger partial charge in [-0.3, -0.25) is 14.4 Å². The lowest BCUT2D eigenvalue weighted by molar-refractivity contribution is -0.136. The largest absolute Gasteiger partial charge is 0.481 e. The third-order valence-corrected chi connectivity index (χ3v) is 4.12. The Bertz CT molecular complexity index is 645. The molecular formula is C15H17N3O4. The molecule has 2 atom stereocenters. The van der Waals surface area contributed by atoms with E-state index in [1.165, 1.54) is 9.80 Å². The molecule has 1 aromatic rings. The molecule has 3 N–H and O–H groups in total. The lowest BCUT2D eigenvalue weighted by Gasteiger charge is -2.25. The first kappa shape index (κ1) is 14.5. The van der Waals surface area contributed by atoms with E-state index in [0.717, 1.165) is 0 Å². The Kier molecular flexibility index (Phi) is 3.58. The second kappa shape index (κ2) is 5.42. The standard InChI is InChI=1S/C15H17N3O4/c16-9-7-12-15(22)17(6-5-13(19)20)11-4-2-1-3-10(11)14(21)18(12)8-9/h1-4,9,12H,5-8,16H2,(H,19,20). The van der Waals surface area contributed by atoms with Crippen LogP contribution in [-0.2, 0) is 9.59 Å². The third-order valence-electron chi connectivity index (χ3n) is 4.12. The summed E-state index contributed by atoms with van der Waals surface area (Å²) < 4.78 is 0. The molecule has 2 unspecified atom stereocenters. The first-order chi connectivity index (χ1) is 10.5. The molecule has 7 nitrogen and oxygen atoms in total. The molecule has 1 saturated heterocycles. The van der Waals surface area contributed by atoms with Crippen molar-refractivity contribution in [2.24, 2.45) is 5.73 Å². The number of aliphatic carboxylic acids is 1. The normalized spacial score (nSPS) is 24.0. The molecule has 2 aliphatic rings. The molecule has 22 heavy (non-hydrogen) atoms. The maximum absolute atomic E-state index is 12.8. The van der Waals surface area contributed by atoms with E-state index in [1.54, 1.807) is 24.3 Å². The fourth-order valence-electron chi connectivity index (χ4n) is 3.11. The van der Waals surface area contributed by atoms with Crippen LogP contribution in [-0.4, -0.2) is 53.0 Å². The average Bonchev–Trinajstić information content (AvgIpc) is 2.85. The maximum Gasteiger partial charge on any atom is 0.305 e. The van der Waals surface area contributed by atoms with Gasteiger partial charge in [-0.1, -0.05) is 12.1 Å². The van der Waals surface area contributed by atoms with Gasteiger partial charge in [0.1, 0.15) is 6.04 Å². The van der Waals surface area contributed by atoms with Gasteiger partial charge in [-0.25, -0.2) is 0 Å². The number of benzene rings is 1. The van der Waals surface area contributed by atoms with Crippen molar-refractivity contribution in [3.05, 3.63) is 29.8 Å². The second-order valence-corrected chi connectivity index (χ2v) is 5.62. The summed E-state index contributed by atoms with van der Waals surface area (Å²) in [5.41, 5.74) is 6.79. The van der Waals surface area contributed by atoms with Crippen LogP contribution >= 0.6 is 0 Å². The van der Waals surface area contributed by atoms with Crippen molar-refractivity contribution >= 4 is 23.5 Å². The van der Waals surface area contributed by atoms with E-state index in [0.29, 0.717) is 24.2 Å². The van der Waals surface area contributed by atoms with Crippen LogP contribution in [0.4, 0.5) is 5.69 Å². The highest BCUT2D eigenvalue weighted by Gasteiger charge is 2.44. The van der Waals surface area contributed by atoms with Crippen molar-refractivity contribution < 1.29 is 19.5 Å². The first-order valence-electron chi connectivity index (χ1n) is 7.18. The van der Waals surface area contributed by atoms with Crippen LogP contribution in [0.1, 0.15) is 23.2 Å². The number of para-hydroxylation sites is 1. The Hall–Kier alpha value is -2.41. The van der Waals surface area contributed by atoms with Crippen molar-refractivity contribution in [1.29, 1.82) is 0 Å². The second-order valence-electron chi connectivity index (χ2n) is 5.62. The molecule has 2 amide bonds. The molecule has 0 radical (unpaired) electrons. The van der Waals surface area contributed by atoms with E-state index >= 15 is 0 Å². The smallest absolute Gasteiger partial charge is 0.305 e. The van der Waals surface area contributed by atoms with E-state index in [4.69, 9.17) is 10.8 Å². The van der Waals surface area contributed by atoms with Gasteiger partial charge in [-0.2, -0.15) is 0 Å². The summed E-state index contributed by atoms with van der Waals surface area (Å²) >= 11 is 0. The summed E-state index contributed by atoms with van der Waals surface area (Å²) in [4.78, 5) is 39.2. The van der Waals surface area contributed by atoms with E-state index < -0.39 is 12.0 Å². The zero-order valence-electron chi connectivity index (χ0n) is 11.9.